The molecule has 0 aromatic heterocycles. The van der Waals surface area contributed by atoms with Crippen LogP contribution in [0.1, 0.15) is 19.8 Å². The van der Waals surface area contributed by atoms with Crippen molar-refractivity contribution in [3.8, 4) is 6.07 Å². The van der Waals surface area contributed by atoms with Gasteiger partial charge in [-0.3, -0.25) is 0 Å². The first-order valence-corrected chi connectivity index (χ1v) is 5.68. The van der Waals surface area contributed by atoms with Crippen LogP contribution in [0, 0.1) is 11.3 Å². The van der Waals surface area contributed by atoms with Crippen molar-refractivity contribution < 1.29 is 4.74 Å². The minimum absolute atomic E-state index is 0.0332. The van der Waals surface area contributed by atoms with Crippen LogP contribution < -0.4 is 5.32 Å². The fourth-order valence-corrected chi connectivity index (χ4v) is 1.98. The summed E-state index contributed by atoms with van der Waals surface area (Å²) in [7, 11) is 1.77. The molecular formula is C11H21N3O. The number of nitriles is 1. The molecule has 1 saturated heterocycles. The average molecular weight is 211 g/mol. The van der Waals surface area contributed by atoms with Gasteiger partial charge >= 0.3 is 0 Å². The predicted molar refractivity (Wildman–Crippen MR) is 59.5 cm³/mol. The highest BCUT2D eigenvalue weighted by molar-refractivity contribution is 4.92. The Kier molecular flexibility index (Phi) is 5.62. The minimum Gasteiger partial charge on any atom is -0.381 e. The second-order valence-corrected chi connectivity index (χ2v) is 3.98. The van der Waals surface area contributed by atoms with Crippen molar-refractivity contribution in [2.24, 2.45) is 0 Å². The van der Waals surface area contributed by atoms with E-state index in [1.54, 1.807) is 7.11 Å². The van der Waals surface area contributed by atoms with Crippen LogP contribution in [0.2, 0.25) is 0 Å². The van der Waals surface area contributed by atoms with E-state index in [2.05, 4.69) is 16.3 Å². The van der Waals surface area contributed by atoms with Crippen LogP contribution in [0.5, 0.6) is 0 Å². The highest BCUT2D eigenvalue weighted by Crippen LogP contribution is 2.12. The predicted octanol–water partition coefficient (Wildman–Crippen LogP) is 0.599. The number of likely N-dealkylation sites (N-methyl/N-ethyl adjacent to an activating group) is 1. The third-order valence-electron chi connectivity index (χ3n) is 2.92. The summed E-state index contributed by atoms with van der Waals surface area (Å²) in [6.45, 7) is 5.80. The zero-order valence-electron chi connectivity index (χ0n) is 9.70. The zero-order chi connectivity index (χ0) is 11.1. The van der Waals surface area contributed by atoms with Crippen molar-refractivity contribution in [2.45, 2.75) is 31.9 Å². The molecule has 0 saturated carbocycles. The lowest BCUT2D eigenvalue weighted by Gasteiger charge is -2.32. The van der Waals surface area contributed by atoms with E-state index in [4.69, 9.17) is 10.00 Å². The van der Waals surface area contributed by atoms with Crippen molar-refractivity contribution in [3.05, 3.63) is 0 Å². The normalized spacial score (nSPS) is 21.1. The first kappa shape index (κ1) is 12.4. The fraction of sp³-hybridized carbons (Fsp3) is 0.909. The lowest BCUT2D eigenvalue weighted by atomic mass is 10.1. The molecule has 1 rings (SSSR count). The Morgan fingerprint density at radius 1 is 1.53 bits per heavy atom. The summed E-state index contributed by atoms with van der Waals surface area (Å²) in [6, 6.07) is 2.26. The first-order chi connectivity index (χ1) is 7.30. The van der Waals surface area contributed by atoms with Crippen molar-refractivity contribution in [3.63, 3.8) is 0 Å². The Bertz CT molecular complexity index is 206. The van der Waals surface area contributed by atoms with Gasteiger partial charge in [0.15, 0.2) is 0 Å². The summed E-state index contributed by atoms with van der Waals surface area (Å²) in [5, 5.41) is 12.1. The number of likely N-dealkylation sites (tertiary alicyclic amines) is 1. The molecule has 0 aliphatic carbocycles. The van der Waals surface area contributed by atoms with Gasteiger partial charge in [-0.25, -0.2) is 0 Å². The fourth-order valence-electron chi connectivity index (χ4n) is 1.98. The van der Waals surface area contributed by atoms with Gasteiger partial charge in [-0.15, -0.1) is 0 Å². The molecule has 0 spiro atoms. The molecule has 4 nitrogen and oxygen atoms in total. The SMILES string of the molecule is CCNC(C#N)CN1CCC(OC)CC1. The summed E-state index contributed by atoms with van der Waals surface area (Å²) in [4.78, 5) is 2.34. The molecule has 0 radical (unpaired) electrons. The summed E-state index contributed by atoms with van der Waals surface area (Å²) in [5.74, 6) is 0. The van der Waals surface area contributed by atoms with Crippen LogP contribution in [0.3, 0.4) is 0 Å². The van der Waals surface area contributed by atoms with E-state index >= 15 is 0 Å². The van der Waals surface area contributed by atoms with Gasteiger partial charge in [0.25, 0.3) is 0 Å². The number of hydrogen-bond donors (Lipinski definition) is 1. The lowest BCUT2D eigenvalue weighted by molar-refractivity contribution is 0.0399. The summed E-state index contributed by atoms with van der Waals surface area (Å²) >= 11 is 0. The number of methoxy groups -OCH3 is 1. The maximum Gasteiger partial charge on any atom is 0.108 e. The van der Waals surface area contributed by atoms with E-state index in [0.717, 1.165) is 39.0 Å². The number of rotatable bonds is 5. The molecule has 0 aromatic rings. The van der Waals surface area contributed by atoms with E-state index in [-0.39, 0.29) is 6.04 Å². The van der Waals surface area contributed by atoms with Gasteiger partial charge in [0, 0.05) is 26.7 Å². The van der Waals surface area contributed by atoms with Gasteiger partial charge < -0.3 is 15.0 Å². The first-order valence-electron chi connectivity index (χ1n) is 5.68. The quantitative estimate of drug-likeness (QED) is 0.723. The molecule has 1 heterocycles. The standard InChI is InChI=1S/C11H21N3O/c1-3-13-10(8-12)9-14-6-4-11(15-2)5-7-14/h10-11,13H,3-7,9H2,1-2H3. The molecule has 1 N–H and O–H groups in total. The molecule has 1 aliphatic rings. The second-order valence-electron chi connectivity index (χ2n) is 3.98. The molecule has 4 heteroatoms. The van der Waals surface area contributed by atoms with Gasteiger partial charge in [0.1, 0.15) is 6.04 Å². The van der Waals surface area contributed by atoms with E-state index < -0.39 is 0 Å². The third kappa shape index (κ3) is 4.17. The van der Waals surface area contributed by atoms with E-state index in [9.17, 15) is 0 Å². The lowest BCUT2D eigenvalue weighted by Crippen LogP contribution is -2.44. The Labute approximate surface area is 92.2 Å². The molecule has 1 atom stereocenters. The molecule has 1 fully saturated rings. The maximum absolute atomic E-state index is 8.92. The van der Waals surface area contributed by atoms with Gasteiger partial charge in [-0.1, -0.05) is 6.92 Å². The van der Waals surface area contributed by atoms with Gasteiger partial charge in [-0.2, -0.15) is 5.26 Å². The molecule has 15 heavy (non-hydrogen) atoms. The molecule has 1 aliphatic heterocycles. The van der Waals surface area contributed by atoms with Crippen molar-refractivity contribution >= 4 is 0 Å². The second kappa shape index (κ2) is 6.78. The highest BCUT2D eigenvalue weighted by atomic mass is 16.5. The summed E-state index contributed by atoms with van der Waals surface area (Å²) in [5.41, 5.74) is 0. The number of nitrogens with zero attached hydrogens (tertiary/aromatic N) is 2. The van der Waals surface area contributed by atoms with Crippen LogP contribution in [0.25, 0.3) is 0 Å². The maximum atomic E-state index is 8.92. The van der Waals surface area contributed by atoms with Crippen LogP contribution in [0.4, 0.5) is 0 Å². The van der Waals surface area contributed by atoms with Crippen LogP contribution in [-0.4, -0.2) is 50.3 Å². The monoisotopic (exact) mass is 211 g/mol. The molecule has 1 unspecified atom stereocenters. The molecule has 86 valence electrons. The molecular weight excluding hydrogens is 190 g/mol. The number of ether oxygens (including phenoxy) is 1. The third-order valence-corrected chi connectivity index (χ3v) is 2.92. The Balaban J connectivity index is 2.25. The van der Waals surface area contributed by atoms with Gasteiger partial charge in [0.2, 0.25) is 0 Å². The van der Waals surface area contributed by atoms with Gasteiger partial charge in [0.05, 0.1) is 12.2 Å². The van der Waals surface area contributed by atoms with E-state index in [1.165, 1.54) is 0 Å². The van der Waals surface area contributed by atoms with E-state index in [0.29, 0.717) is 6.10 Å². The topological polar surface area (TPSA) is 48.3 Å². The molecule has 0 bridgehead atoms. The van der Waals surface area contributed by atoms with Crippen LogP contribution in [0.15, 0.2) is 0 Å². The molecule has 0 aromatic carbocycles. The number of piperidine rings is 1. The van der Waals surface area contributed by atoms with Crippen molar-refractivity contribution in [1.29, 1.82) is 5.26 Å². The molecule has 0 amide bonds. The van der Waals surface area contributed by atoms with E-state index in [1.807, 2.05) is 6.92 Å². The Hall–Kier alpha value is -0.630. The minimum atomic E-state index is -0.0332. The van der Waals surface area contributed by atoms with Crippen LogP contribution in [-0.2, 0) is 4.74 Å². The number of nitrogens with one attached hydrogen (secondary N) is 1. The van der Waals surface area contributed by atoms with Crippen LogP contribution >= 0.6 is 0 Å². The summed E-state index contributed by atoms with van der Waals surface area (Å²) in [6.07, 6.45) is 2.59. The smallest absolute Gasteiger partial charge is 0.108 e. The number of hydrogen-bond acceptors (Lipinski definition) is 4. The largest absolute Gasteiger partial charge is 0.381 e. The van der Waals surface area contributed by atoms with Gasteiger partial charge in [-0.05, 0) is 19.4 Å². The Morgan fingerprint density at radius 2 is 2.20 bits per heavy atom. The zero-order valence-corrected chi connectivity index (χ0v) is 9.70. The average Bonchev–Trinajstić information content (AvgIpc) is 2.29. The van der Waals surface area contributed by atoms with Crippen molar-refractivity contribution in [2.75, 3.05) is 33.3 Å². The summed E-state index contributed by atoms with van der Waals surface area (Å²) < 4.78 is 5.31. The van der Waals surface area contributed by atoms with Crippen molar-refractivity contribution in [1.82, 2.24) is 10.2 Å². The highest BCUT2D eigenvalue weighted by Gasteiger charge is 2.20. The Morgan fingerprint density at radius 3 is 2.67 bits per heavy atom.